The maximum absolute atomic E-state index is 5.72. The third-order valence-electron chi connectivity index (χ3n) is 3.09. The van der Waals surface area contributed by atoms with Crippen LogP contribution in [-0.4, -0.2) is 24.2 Å². The number of thiazole rings is 1. The van der Waals surface area contributed by atoms with Gasteiger partial charge in [0.15, 0.2) is 0 Å². The van der Waals surface area contributed by atoms with E-state index in [0.717, 1.165) is 13.0 Å². The summed E-state index contributed by atoms with van der Waals surface area (Å²) >= 11 is 1.79. The Kier molecular flexibility index (Phi) is 4.32. The van der Waals surface area contributed by atoms with E-state index < -0.39 is 0 Å². The fourth-order valence-electron chi connectivity index (χ4n) is 1.93. The monoisotopic (exact) mass is 240 g/mol. The summed E-state index contributed by atoms with van der Waals surface area (Å²) in [5, 5.41) is 1.20. The van der Waals surface area contributed by atoms with Crippen molar-refractivity contribution in [1.82, 2.24) is 4.98 Å². The second-order valence-electron chi connectivity index (χ2n) is 4.49. The Morgan fingerprint density at radius 3 is 3.19 bits per heavy atom. The van der Waals surface area contributed by atoms with Gasteiger partial charge in [0.2, 0.25) is 0 Å². The lowest BCUT2D eigenvalue weighted by Crippen LogP contribution is -2.21. The van der Waals surface area contributed by atoms with Crippen LogP contribution in [0.2, 0.25) is 0 Å². The minimum Gasteiger partial charge on any atom is -0.378 e. The Bertz CT molecular complexity index is 321. The van der Waals surface area contributed by atoms with Crippen molar-refractivity contribution in [1.29, 1.82) is 0 Å². The quantitative estimate of drug-likeness (QED) is 0.878. The van der Waals surface area contributed by atoms with Gasteiger partial charge in [0.05, 0.1) is 11.1 Å². The van der Waals surface area contributed by atoms with Crippen molar-refractivity contribution >= 4 is 11.3 Å². The molecule has 3 nitrogen and oxygen atoms in total. The van der Waals surface area contributed by atoms with Gasteiger partial charge in [-0.1, -0.05) is 6.92 Å². The van der Waals surface area contributed by atoms with E-state index >= 15 is 0 Å². The van der Waals surface area contributed by atoms with Gasteiger partial charge >= 0.3 is 0 Å². The third-order valence-corrected chi connectivity index (χ3v) is 4.34. The maximum Gasteiger partial charge on any atom is 0.0953 e. The molecule has 2 unspecified atom stereocenters. The van der Waals surface area contributed by atoms with Crippen LogP contribution in [0, 0.1) is 0 Å². The van der Waals surface area contributed by atoms with Crippen LogP contribution in [0.3, 0.4) is 0 Å². The normalized spacial score (nSPS) is 23.2. The molecular weight excluding hydrogens is 220 g/mol. The van der Waals surface area contributed by atoms with Crippen LogP contribution < -0.4 is 5.73 Å². The van der Waals surface area contributed by atoms with Crippen molar-refractivity contribution in [2.45, 2.75) is 44.6 Å². The Morgan fingerprint density at radius 1 is 1.62 bits per heavy atom. The second kappa shape index (κ2) is 5.75. The van der Waals surface area contributed by atoms with Crippen LogP contribution in [0.1, 0.15) is 42.0 Å². The predicted molar refractivity (Wildman–Crippen MR) is 66.9 cm³/mol. The summed E-state index contributed by atoms with van der Waals surface area (Å²) in [6.45, 7) is 3.76. The zero-order chi connectivity index (χ0) is 11.4. The summed E-state index contributed by atoms with van der Waals surface area (Å²) in [7, 11) is 0. The van der Waals surface area contributed by atoms with E-state index in [1.165, 1.54) is 29.1 Å². The molecule has 2 rings (SSSR count). The minimum atomic E-state index is 0.390. The number of hydrogen-bond acceptors (Lipinski definition) is 4. The van der Waals surface area contributed by atoms with E-state index in [2.05, 4.69) is 11.9 Å². The average Bonchev–Trinajstić information content (AvgIpc) is 2.78. The van der Waals surface area contributed by atoms with E-state index in [-0.39, 0.29) is 0 Å². The van der Waals surface area contributed by atoms with Gasteiger partial charge in [-0.15, -0.1) is 11.3 Å². The molecule has 0 spiro atoms. The molecule has 2 N–H and O–H groups in total. The summed E-state index contributed by atoms with van der Waals surface area (Å²) in [4.78, 5) is 5.76. The van der Waals surface area contributed by atoms with Gasteiger partial charge in [-0.2, -0.15) is 0 Å². The SMILES string of the molecule is CC(CN)c1cnc(CC2CCCCO2)s1. The first-order valence-electron chi connectivity index (χ1n) is 6.06. The zero-order valence-corrected chi connectivity index (χ0v) is 10.6. The summed E-state index contributed by atoms with van der Waals surface area (Å²) in [6.07, 6.45) is 7.02. The van der Waals surface area contributed by atoms with Gasteiger partial charge in [0.25, 0.3) is 0 Å². The molecular formula is C12H20N2OS. The van der Waals surface area contributed by atoms with Crippen LogP contribution >= 0.6 is 11.3 Å². The summed E-state index contributed by atoms with van der Waals surface area (Å²) < 4.78 is 5.72. The highest BCUT2D eigenvalue weighted by atomic mass is 32.1. The molecule has 0 saturated carbocycles. The number of rotatable bonds is 4. The fourth-order valence-corrected chi connectivity index (χ4v) is 2.98. The molecule has 4 heteroatoms. The van der Waals surface area contributed by atoms with Crippen molar-refractivity contribution in [3.05, 3.63) is 16.1 Å². The number of aromatic nitrogens is 1. The van der Waals surface area contributed by atoms with E-state index in [0.29, 0.717) is 18.6 Å². The average molecular weight is 240 g/mol. The second-order valence-corrected chi connectivity index (χ2v) is 5.63. The standard InChI is InChI=1S/C12H20N2OS/c1-9(7-13)11-8-14-12(16-11)6-10-4-2-3-5-15-10/h8-10H,2-7,13H2,1H3. The van der Waals surface area contributed by atoms with Gasteiger partial charge in [-0.25, -0.2) is 4.98 Å². The molecule has 1 fully saturated rings. The molecule has 2 heterocycles. The van der Waals surface area contributed by atoms with Gasteiger partial charge in [-0.3, -0.25) is 0 Å². The van der Waals surface area contributed by atoms with E-state index in [1.807, 2.05) is 6.20 Å². The lowest BCUT2D eigenvalue weighted by atomic mass is 10.1. The van der Waals surface area contributed by atoms with Crippen LogP contribution in [0.5, 0.6) is 0 Å². The molecule has 0 bridgehead atoms. The summed E-state index contributed by atoms with van der Waals surface area (Å²) in [6, 6.07) is 0. The van der Waals surface area contributed by atoms with Crippen LogP contribution in [0.4, 0.5) is 0 Å². The molecule has 16 heavy (non-hydrogen) atoms. The molecule has 1 aliphatic heterocycles. The van der Waals surface area contributed by atoms with E-state index in [9.17, 15) is 0 Å². The molecule has 0 radical (unpaired) electrons. The smallest absolute Gasteiger partial charge is 0.0953 e. The van der Waals surface area contributed by atoms with Crippen molar-refractivity contribution in [2.75, 3.05) is 13.2 Å². The topological polar surface area (TPSA) is 48.1 Å². The molecule has 2 atom stereocenters. The first kappa shape index (κ1) is 12.0. The maximum atomic E-state index is 5.72. The molecule has 1 saturated heterocycles. The van der Waals surface area contributed by atoms with Gasteiger partial charge < -0.3 is 10.5 Å². The van der Waals surface area contributed by atoms with Crippen molar-refractivity contribution in [2.24, 2.45) is 5.73 Å². The minimum absolute atomic E-state index is 0.390. The number of nitrogens with two attached hydrogens (primary N) is 1. The van der Waals surface area contributed by atoms with E-state index in [4.69, 9.17) is 10.5 Å². The highest BCUT2D eigenvalue weighted by molar-refractivity contribution is 7.11. The highest BCUT2D eigenvalue weighted by Gasteiger charge is 2.17. The van der Waals surface area contributed by atoms with Crippen molar-refractivity contribution in [3.8, 4) is 0 Å². The highest BCUT2D eigenvalue weighted by Crippen LogP contribution is 2.24. The zero-order valence-electron chi connectivity index (χ0n) is 9.82. The molecule has 0 aliphatic carbocycles. The molecule has 1 aromatic heterocycles. The van der Waals surface area contributed by atoms with Crippen LogP contribution in [-0.2, 0) is 11.2 Å². The lowest BCUT2D eigenvalue weighted by Gasteiger charge is -2.21. The Morgan fingerprint density at radius 2 is 2.50 bits per heavy atom. The predicted octanol–water partition coefficient (Wildman–Crippen LogP) is 2.32. The third kappa shape index (κ3) is 3.03. The number of ether oxygens (including phenoxy) is 1. The van der Waals surface area contributed by atoms with E-state index in [1.54, 1.807) is 11.3 Å². The van der Waals surface area contributed by atoms with Crippen LogP contribution in [0.15, 0.2) is 6.20 Å². The molecule has 90 valence electrons. The Hall–Kier alpha value is -0.450. The Labute approximate surface area is 101 Å². The largest absolute Gasteiger partial charge is 0.378 e. The van der Waals surface area contributed by atoms with Gasteiger partial charge in [0.1, 0.15) is 0 Å². The van der Waals surface area contributed by atoms with Crippen molar-refractivity contribution in [3.63, 3.8) is 0 Å². The lowest BCUT2D eigenvalue weighted by molar-refractivity contribution is 0.0168. The molecule has 1 aliphatic rings. The first-order valence-corrected chi connectivity index (χ1v) is 6.87. The van der Waals surface area contributed by atoms with Gasteiger partial charge in [-0.05, 0) is 25.8 Å². The summed E-state index contributed by atoms with van der Waals surface area (Å²) in [5.41, 5.74) is 5.65. The first-order chi connectivity index (χ1) is 7.79. The fraction of sp³-hybridized carbons (Fsp3) is 0.750. The molecule has 0 aromatic carbocycles. The molecule has 0 amide bonds. The number of nitrogens with zero attached hydrogens (tertiary/aromatic N) is 1. The number of hydrogen-bond donors (Lipinski definition) is 1. The van der Waals surface area contributed by atoms with Gasteiger partial charge in [0, 0.05) is 30.0 Å². The van der Waals surface area contributed by atoms with Crippen LogP contribution in [0.25, 0.3) is 0 Å². The van der Waals surface area contributed by atoms with Crippen molar-refractivity contribution < 1.29 is 4.74 Å². The molecule has 1 aromatic rings. The Balaban J connectivity index is 1.91. The summed E-state index contributed by atoms with van der Waals surface area (Å²) in [5.74, 6) is 0.429.